The summed E-state index contributed by atoms with van der Waals surface area (Å²) in [5.74, 6) is 2.16. The third-order valence-electron chi connectivity index (χ3n) is 18.9. The van der Waals surface area contributed by atoms with Gasteiger partial charge in [0.25, 0.3) is 0 Å². The van der Waals surface area contributed by atoms with E-state index in [0.29, 0.717) is 35.5 Å². The Balaban J connectivity index is 0.887. The van der Waals surface area contributed by atoms with Gasteiger partial charge in [0.15, 0.2) is 11.6 Å². The molecule has 3 saturated heterocycles. The zero-order valence-corrected chi connectivity index (χ0v) is 53.6. The second-order valence-electron chi connectivity index (χ2n) is 25.8. The molecule has 88 heavy (non-hydrogen) atoms. The van der Waals surface area contributed by atoms with Gasteiger partial charge in [0.05, 0.1) is 31.9 Å². The van der Waals surface area contributed by atoms with Crippen LogP contribution in [0.15, 0.2) is 173 Å². The monoisotopic (exact) mass is 1180 g/mol. The Bertz CT molecular complexity index is 3330. The van der Waals surface area contributed by atoms with E-state index in [9.17, 15) is 9.59 Å². The van der Waals surface area contributed by atoms with Gasteiger partial charge in [0, 0.05) is 92.0 Å². The van der Waals surface area contributed by atoms with Crippen molar-refractivity contribution in [2.45, 2.75) is 161 Å². The van der Waals surface area contributed by atoms with Crippen LogP contribution in [0.4, 0.5) is 0 Å². The molecule has 4 aromatic rings. The summed E-state index contributed by atoms with van der Waals surface area (Å²) in [5, 5.41) is 4.79. The summed E-state index contributed by atoms with van der Waals surface area (Å²) in [4.78, 5) is 34.9. The Labute approximate surface area is 527 Å². The molecule has 5 fully saturated rings. The van der Waals surface area contributed by atoms with E-state index >= 15 is 0 Å². The molecule has 0 radical (unpaired) electrons. The minimum atomic E-state index is 0.274. The normalized spacial score (nSPS) is 22.2. The van der Waals surface area contributed by atoms with E-state index in [-0.39, 0.29) is 11.8 Å². The number of ether oxygens (including phenoxy) is 2. The number of morpholine rings is 1. The number of rotatable bonds is 29. The summed E-state index contributed by atoms with van der Waals surface area (Å²) < 4.78 is 14.0. The van der Waals surface area contributed by atoms with Crippen LogP contribution in [0.25, 0.3) is 39.9 Å². The third kappa shape index (κ3) is 18.0. The maximum Gasteiger partial charge on any atom is 0.161 e. The summed E-state index contributed by atoms with van der Waals surface area (Å²) in [6.45, 7) is 16.9. The van der Waals surface area contributed by atoms with E-state index in [1.165, 1.54) is 61.4 Å². The van der Waals surface area contributed by atoms with Gasteiger partial charge in [-0.25, -0.2) is 4.52 Å². The summed E-state index contributed by atoms with van der Waals surface area (Å²) in [6.07, 6.45) is 53.6. The molecule has 6 heterocycles. The van der Waals surface area contributed by atoms with Gasteiger partial charge >= 0.3 is 0 Å². The quantitative estimate of drug-likeness (QED) is 0.0176. The van der Waals surface area contributed by atoms with E-state index < -0.39 is 0 Å². The first kappa shape index (κ1) is 64.2. The molecule has 0 bridgehead atoms. The van der Waals surface area contributed by atoms with Gasteiger partial charge in [-0.05, 0) is 203 Å². The van der Waals surface area contributed by atoms with Crippen LogP contribution in [0.5, 0.6) is 0 Å². The van der Waals surface area contributed by atoms with E-state index in [0.717, 1.165) is 186 Å². The molecular weight excluding hydrogens is 1080 g/mol. The maximum atomic E-state index is 13.0. The predicted molar refractivity (Wildman–Crippen MR) is 367 cm³/mol. The molecule has 3 unspecified atom stereocenters. The Morgan fingerprint density at radius 2 is 1.67 bits per heavy atom. The zero-order valence-electron chi connectivity index (χ0n) is 53.6. The average molecular weight is 1180 g/mol. The number of fused-ring (bicyclic) bond motifs is 2. The largest absolute Gasteiger partial charge is 0.381 e. The van der Waals surface area contributed by atoms with Crippen LogP contribution in [-0.2, 0) is 19.1 Å². The van der Waals surface area contributed by atoms with Crippen molar-refractivity contribution in [1.82, 2.24) is 19.4 Å². The fraction of sp³-hybridized carbons (Fsp3) is 0.468. The molecule has 2 aliphatic carbocycles. The number of Topliss-reactive ketones (excluding diaryl/α,β-unsaturated/α-hetero) is 1. The number of hydrogen-bond acceptors (Lipinski definition) is 8. The summed E-state index contributed by atoms with van der Waals surface area (Å²) in [7, 11) is 1.83. The highest BCUT2D eigenvalue weighted by molar-refractivity contribution is 5.98. The number of benzene rings is 2. The highest BCUT2D eigenvalue weighted by Crippen LogP contribution is 2.39. The topological polar surface area (TPSA) is 88.7 Å². The molecule has 0 amide bonds. The molecule has 4 aliphatic heterocycles. The number of aliphatic imine (C=N–C) groups is 1. The van der Waals surface area contributed by atoms with Crippen LogP contribution in [0, 0.1) is 23.7 Å². The molecule has 0 spiro atoms. The third-order valence-corrected chi connectivity index (χ3v) is 18.9. The molecule has 2 aromatic heterocycles. The fourth-order valence-corrected chi connectivity index (χ4v) is 13.6. The molecule has 9 heteroatoms. The van der Waals surface area contributed by atoms with Crippen molar-refractivity contribution in [3.05, 3.63) is 191 Å². The molecule has 2 aromatic carbocycles. The number of nitrogens with zero attached hydrogens (tertiary/aromatic N) is 5. The summed E-state index contributed by atoms with van der Waals surface area (Å²) in [6, 6.07) is 23.6. The molecule has 6 aliphatic rings. The number of hydrogen-bond donors (Lipinski definition) is 0. The summed E-state index contributed by atoms with van der Waals surface area (Å²) >= 11 is 0. The molecule has 10 rings (SSSR count). The SMILES string of the molecule is C=CC\C=C(/C=C(C)/C(=C\C=NC)N1CC/C=C(\C(=O)C2CC2)CCC1)c1ccc(/C=C/C(C/C=C(\CCC)CC2COC2)C2C/C(=C\c3ccc(-c4cc5c(/C(=C\CC/C=C/C(=O)C6CC6)CCCC)ccnn5c4)cc3)CCC3COCCN32)cc1. The van der Waals surface area contributed by atoms with Gasteiger partial charge < -0.3 is 14.4 Å². The molecule has 9 nitrogen and oxygen atoms in total. The van der Waals surface area contributed by atoms with Crippen molar-refractivity contribution in [3.63, 3.8) is 0 Å². The lowest BCUT2D eigenvalue weighted by Gasteiger charge is -2.42. The molecule has 464 valence electrons. The second kappa shape index (κ2) is 32.6. The number of allylic oxidation sites excluding steroid dienone is 13. The highest BCUT2D eigenvalue weighted by atomic mass is 16.5. The first-order valence-corrected chi connectivity index (χ1v) is 33.8. The van der Waals surface area contributed by atoms with Gasteiger partial charge in [-0.1, -0.05) is 141 Å². The standard InChI is InChI=1S/C79H99N5O4/c1-6-9-17-66(19-12-11-13-22-78(85)68-36-37-68)74-41-44-81-84-54-72(53-77(74)84)65-32-26-61(27-33-65)50-62-29-40-73-57-87-48-47-83(73)76(52-62)67(35-28-60(16-8-3)51-63-55-88-56-63)34-25-59-23-30-64(31-24-59)71(18-10-7-2)49-58(4)75(42-43-80-5)82-45-14-20-69(21-15-46-82)79(86)70-38-39-70/h7,13,18-20,22-28,30-34,41-44,49-50,53-54,63,67-68,70,73,76H,2,6,8-12,14-17,21,29,35-40,45-48,51-52,55-57H2,1,3-5H3/b22-13+,34-25+,58-49+,60-28+,62-50-,66-19-,69-20-,71-18+,75-42+,80-43?. The van der Waals surface area contributed by atoms with Crippen molar-refractivity contribution in [3.8, 4) is 11.1 Å². The van der Waals surface area contributed by atoms with Gasteiger partial charge in [-0.2, -0.15) is 5.10 Å². The number of carbonyl (C=O) groups excluding carboxylic acids is 2. The van der Waals surface area contributed by atoms with Gasteiger partial charge in [0.1, 0.15) is 0 Å². The van der Waals surface area contributed by atoms with Crippen LogP contribution in [0.1, 0.15) is 171 Å². The van der Waals surface area contributed by atoms with Crippen LogP contribution >= 0.6 is 0 Å². The predicted octanol–water partition coefficient (Wildman–Crippen LogP) is 17.9. The molecular formula is C79H99N5O4. The lowest BCUT2D eigenvalue weighted by atomic mass is 9.86. The number of unbranched alkanes of at least 4 members (excludes halogenated alkanes) is 2. The van der Waals surface area contributed by atoms with E-state index in [4.69, 9.17) is 14.6 Å². The Morgan fingerprint density at radius 1 is 0.852 bits per heavy atom. The van der Waals surface area contributed by atoms with Gasteiger partial charge in [-0.15, -0.1) is 6.58 Å². The lowest BCUT2D eigenvalue weighted by Crippen LogP contribution is -2.51. The first-order chi connectivity index (χ1) is 43.2. The van der Waals surface area contributed by atoms with Gasteiger partial charge in [0.2, 0.25) is 0 Å². The second-order valence-corrected chi connectivity index (χ2v) is 25.8. The average Bonchev–Trinajstić information content (AvgIpc) is 4.38. The molecule has 0 N–H and O–H groups in total. The first-order valence-electron chi connectivity index (χ1n) is 33.8. The lowest BCUT2D eigenvalue weighted by molar-refractivity contribution is -0.117. The number of aromatic nitrogens is 2. The van der Waals surface area contributed by atoms with Crippen molar-refractivity contribution in [1.29, 1.82) is 0 Å². The fourth-order valence-electron chi connectivity index (χ4n) is 13.6. The van der Waals surface area contributed by atoms with E-state index in [1.807, 2.05) is 36.1 Å². The molecule has 3 atom stereocenters. The van der Waals surface area contributed by atoms with Crippen molar-refractivity contribution >= 4 is 46.6 Å². The van der Waals surface area contributed by atoms with Crippen LogP contribution in [0.2, 0.25) is 0 Å². The summed E-state index contributed by atoms with van der Waals surface area (Å²) in [5.41, 5.74) is 17.4. The minimum Gasteiger partial charge on any atom is -0.381 e. The van der Waals surface area contributed by atoms with Crippen molar-refractivity contribution in [2.24, 2.45) is 28.7 Å². The minimum absolute atomic E-state index is 0.274. The Kier molecular flexibility index (Phi) is 23.8. The maximum absolute atomic E-state index is 13.0. The van der Waals surface area contributed by atoms with Crippen molar-refractivity contribution < 1.29 is 19.1 Å². The van der Waals surface area contributed by atoms with E-state index in [2.05, 4.69) is 170 Å². The smallest absolute Gasteiger partial charge is 0.161 e. The Hall–Kier alpha value is -6.78. The highest BCUT2D eigenvalue weighted by Gasteiger charge is 2.37. The van der Waals surface area contributed by atoms with E-state index in [1.54, 1.807) is 5.57 Å². The van der Waals surface area contributed by atoms with Crippen LogP contribution < -0.4 is 0 Å². The molecule has 2 saturated carbocycles. The number of carbonyl (C=O) groups is 2. The zero-order chi connectivity index (χ0) is 61.0. The van der Waals surface area contributed by atoms with Crippen molar-refractivity contribution in [2.75, 3.05) is 53.1 Å². The number of ketones is 2. The Morgan fingerprint density at radius 3 is 2.42 bits per heavy atom. The van der Waals surface area contributed by atoms with Crippen LogP contribution in [0.3, 0.4) is 0 Å². The van der Waals surface area contributed by atoms with Gasteiger partial charge in [-0.3, -0.25) is 19.5 Å². The van der Waals surface area contributed by atoms with Crippen LogP contribution in [-0.4, -0.2) is 102 Å².